The van der Waals surface area contributed by atoms with Crippen LogP contribution < -0.4 is 10.0 Å². The van der Waals surface area contributed by atoms with Gasteiger partial charge < -0.3 is 10.2 Å². The second-order valence-electron chi connectivity index (χ2n) is 9.59. The van der Waals surface area contributed by atoms with Gasteiger partial charge in [0.1, 0.15) is 0 Å². The van der Waals surface area contributed by atoms with E-state index in [2.05, 4.69) is 14.9 Å². The summed E-state index contributed by atoms with van der Waals surface area (Å²) in [4.78, 5) is 16.0. The summed E-state index contributed by atoms with van der Waals surface area (Å²) in [5, 5.41) is 4.82. The van der Waals surface area contributed by atoms with Crippen LogP contribution in [-0.2, 0) is 20.2 Å². The SMILES string of the molecule is CC(NC(=O)C(C)(CCN1CCC(NS(C)(=O)=O)CC1)c1ccc(Cl)c(Cl)c1)c1ccc(Cl)c(Cl)c1. The van der Waals surface area contributed by atoms with Crippen molar-refractivity contribution >= 4 is 62.3 Å². The van der Waals surface area contributed by atoms with E-state index in [0.29, 0.717) is 33.1 Å². The third-order valence-corrected chi connectivity index (χ3v) is 8.99. The van der Waals surface area contributed by atoms with Crippen molar-refractivity contribution in [3.05, 3.63) is 67.6 Å². The van der Waals surface area contributed by atoms with Gasteiger partial charge in [-0.25, -0.2) is 13.1 Å². The second-order valence-corrected chi connectivity index (χ2v) is 13.0. The van der Waals surface area contributed by atoms with Crippen molar-refractivity contribution in [3.8, 4) is 0 Å². The molecule has 2 aromatic carbocycles. The number of nitrogens with one attached hydrogen (secondary N) is 2. The van der Waals surface area contributed by atoms with E-state index in [4.69, 9.17) is 46.4 Å². The number of hydrogen-bond donors (Lipinski definition) is 2. The van der Waals surface area contributed by atoms with E-state index in [-0.39, 0.29) is 18.0 Å². The number of halogens is 4. The van der Waals surface area contributed by atoms with Gasteiger partial charge in [0.25, 0.3) is 0 Å². The van der Waals surface area contributed by atoms with E-state index in [1.807, 2.05) is 26.0 Å². The molecule has 0 aromatic heterocycles. The van der Waals surface area contributed by atoms with Crippen molar-refractivity contribution in [2.45, 2.75) is 50.6 Å². The van der Waals surface area contributed by atoms with Crippen molar-refractivity contribution in [2.24, 2.45) is 0 Å². The number of carbonyl (C=O) groups is 1. The highest BCUT2D eigenvalue weighted by Crippen LogP contribution is 2.34. The Morgan fingerprint density at radius 3 is 2.17 bits per heavy atom. The molecule has 2 atom stereocenters. The van der Waals surface area contributed by atoms with Crippen LogP contribution in [0.25, 0.3) is 0 Å². The van der Waals surface area contributed by atoms with Gasteiger partial charge in [0.2, 0.25) is 15.9 Å². The Hall–Kier alpha value is -1.06. The van der Waals surface area contributed by atoms with Gasteiger partial charge in [0.05, 0.1) is 37.8 Å². The topological polar surface area (TPSA) is 78.5 Å². The fourth-order valence-electron chi connectivity index (χ4n) is 4.41. The van der Waals surface area contributed by atoms with Crippen molar-refractivity contribution in [3.63, 3.8) is 0 Å². The number of sulfonamides is 1. The lowest BCUT2D eigenvalue weighted by molar-refractivity contribution is -0.127. The van der Waals surface area contributed by atoms with Gasteiger partial charge in [0.15, 0.2) is 0 Å². The molecule has 2 N–H and O–H groups in total. The normalized spacial score (nSPS) is 18.0. The Labute approximate surface area is 233 Å². The zero-order chi connectivity index (χ0) is 26.7. The summed E-state index contributed by atoms with van der Waals surface area (Å²) in [6, 6.07) is 10.2. The summed E-state index contributed by atoms with van der Waals surface area (Å²) in [7, 11) is -3.23. The lowest BCUT2D eigenvalue weighted by Crippen LogP contribution is -2.48. The summed E-state index contributed by atoms with van der Waals surface area (Å²) < 4.78 is 25.8. The molecule has 2 unspecified atom stereocenters. The van der Waals surface area contributed by atoms with Crippen LogP contribution in [-0.4, -0.2) is 51.2 Å². The number of nitrogens with zero attached hydrogens (tertiary/aromatic N) is 1. The maximum Gasteiger partial charge on any atom is 0.230 e. The van der Waals surface area contributed by atoms with Crippen molar-refractivity contribution in [1.82, 2.24) is 14.9 Å². The van der Waals surface area contributed by atoms with Crippen LogP contribution >= 0.6 is 46.4 Å². The molecule has 198 valence electrons. The minimum Gasteiger partial charge on any atom is -0.349 e. The first-order valence-corrected chi connectivity index (χ1v) is 15.1. The second kappa shape index (κ2) is 12.2. The zero-order valence-corrected chi connectivity index (χ0v) is 24.3. The van der Waals surface area contributed by atoms with Gasteiger partial charge in [0, 0.05) is 6.04 Å². The Morgan fingerprint density at radius 1 is 1.03 bits per heavy atom. The third kappa shape index (κ3) is 7.73. The highest BCUT2D eigenvalue weighted by Gasteiger charge is 2.37. The van der Waals surface area contributed by atoms with Gasteiger partial charge in [-0.2, -0.15) is 0 Å². The zero-order valence-electron chi connectivity index (χ0n) is 20.5. The van der Waals surface area contributed by atoms with Crippen LogP contribution in [0.4, 0.5) is 0 Å². The van der Waals surface area contributed by atoms with Gasteiger partial charge in [-0.05, 0) is 88.1 Å². The monoisotopic (exact) mass is 593 g/mol. The first kappa shape index (κ1) is 29.5. The van der Waals surface area contributed by atoms with Gasteiger partial charge >= 0.3 is 0 Å². The number of carbonyl (C=O) groups excluding carboxylic acids is 1. The largest absolute Gasteiger partial charge is 0.349 e. The highest BCUT2D eigenvalue weighted by atomic mass is 35.5. The number of piperidine rings is 1. The van der Waals surface area contributed by atoms with Crippen LogP contribution in [0.3, 0.4) is 0 Å². The molecule has 6 nitrogen and oxygen atoms in total. The average molecular weight is 595 g/mol. The van der Waals surface area contributed by atoms with Gasteiger partial charge in [-0.15, -0.1) is 0 Å². The third-order valence-electron chi connectivity index (χ3n) is 6.75. The highest BCUT2D eigenvalue weighted by molar-refractivity contribution is 7.88. The van der Waals surface area contributed by atoms with Crippen LogP contribution in [0.15, 0.2) is 36.4 Å². The van der Waals surface area contributed by atoms with Crippen LogP contribution in [0, 0.1) is 0 Å². The number of rotatable bonds is 9. The molecule has 1 fully saturated rings. The molecule has 0 saturated carbocycles. The molecule has 1 amide bonds. The molecule has 0 spiro atoms. The summed E-state index contributed by atoms with van der Waals surface area (Å²) in [6.07, 6.45) is 3.16. The molecule has 0 radical (unpaired) electrons. The Morgan fingerprint density at radius 2 is 1.61 bits per heavy atom. The fourth-order valence-corrected chi connectivity index (χ4v) is 5.85. The molecule has 0 aliphatic carbocycles. The molecule has 1 aliphatic rings. The van der Waals surface area contributed by atoms with E-state index < -0.39 is 15.4 Å². The molecular formula is C25H31Cl4N3O3S. The maximum absolute atomic E-state index is 13.7. The molecule has 0 bridgehead atoms. The quantitative estimate of drug-likeness (QED) is 0.382. The Kier molecular flexibility index (Phi) is 10.00. The molecule has 36 heavy (non-hydrogen) atoms. The molecule has 1 heterocycles. The summed E-state index contributed by atoms with van der Waals surface area (Å²) in [5.74, 6) is -0.145. The van der Waals surface area contributed by atoms with Crippen molar-refractivity contribution in [2.75, 3.05) is 25.9 Å². The smallest absolute Gasteiger partial charge is 0.230 e. The van der Waals surface area contributed by atoms with E-state index in [1.54, 1.807) is 24.3 Å². The molecule has 11 heteroatoms. The van der Waals surface area contributed by atoms with Gasteiger partial charge in [-0.1, -0.05) is 58.5 Å². The van der Waals surface area contributed by atoms with Crippen molar-refractivity contribution < 1.29 is 13.2 Å². The van der Waals surface area contributed by atoms with Gasteiger partial charge in [-0.3, -0.25) is 4.79 Å². The molecule has 1 aliphatic heterocycles. The number of amides is 1. The van der Waals surface area contributed by atoms with E-state index in [0.717, 1.165) is 37.1 Å². The van der Waals surface area contributed by atoms with Crippen LogP contribution in [0.5, 0.6) is 0 Å². The minimum atomic E-state index is -3.23. The number of benzene rings is 2. The lowest BCUT2D eigenvalue weighted by Gasteiger charge is -2.36. The summed E-state index contributed by atoms with van der Waals surface area (Å²) >= 11 is 24.7. The summed E-state index contributed by atoms with van der Waals surface area (Å²) in [5.41, 5.74) is 0.722. The molecular weight excluding hydrogens is 564 g/mol. The molecule has 1 saturated heterocycles. The number of hydrogen-bond acceptors (Lipinski definition) is 4. The van der Waals surface area contributed by atoms with E-state index in [1.165, 1.54) is 6.26 Å². The Balaban J connectivity index is 1.76. The standard InChI is InChI=1S/C25H31Cl4N3O3S/c1-16(17-4-6-20(26)22(28)14-17)30-24(33)25(2,18-5-7-21(27)23(29)15-18)10-13-32-11-8-19(9-12-32)31-36(3,34)35/h4-7,14-16,19,31H,8-13H2,1-3H3,(H,30,33). The first-order chi connectivity index (χ1) is 16.8. The molecule has 2 aromatic rings. The van der Waals surface area contributed by atoms with Crippen LogP contribution in [0.2, 0.25) is 20.1 Å². The van der Waals surface area contributed by atoms with E-state index >= 15 is 0 Å². The predicted octanol–water partition coefficient (Wildman–Crippen LogP) is 5.84. The lowest BCUT2D eigenvalue weighted by atomic mass is 9.78. The summed E-state index contributed by atoms with van der Waals surface area (Å²) in [6.45, 7) is 5.95. The average Bonchev–Trinajstić information content (AvgIpc) is 2.80. The number of likely N-dealkylation sites (tertiary alicyclic amines) is 1. The van der Waals surface area contributed by atoms with Crippen LogP contribution in [0.1, 0.15) is 50.3 Å². The van der Waals surface area contributed by atoms with Crippen molar-refractivity contribution in [1.29, 1.82) is 0 Å². The fraction of sp³-hybridized carbons (Fsp3) is 0.480. The minimum absolute atomic E-state index is 0.0620. The first-order valence-electron chi connectivity index (χ1n) is 11.7. The maximum atomic E-state index is 13.7. The Bertz CT molecular complexity index is 1200. The molecule has 3 rings (SSSR count). The predicted molar refractivity (Wildman–Crippen MR) is 149 cm³/mol. The van der Waals surface area contributed by atoms with E-state index in [9.17, 15) is 13.2 Å².